The van der Waals surface area contributed by atoms with Crippen LogP contribution >= 0.6 is 11.3 Å². The number of hydrogen-bond donors (Lipinski definition) is 1. The van der Waals surface area contributed by atoms with Gasteiger partial charge in [0.25, 0.3) is 5.72 Å². The number of nitrogens with zero attached hydrogens (tertiary/aromatic N) is 4. The zero-order chi connectivity index (χ0) is 20.2. The summed E-state index contributed by atoms with van der Waals surface area (Å²) in [6.45, 7) is -0.342. The molecule has 2 aliphatic heterocycles. The second-order valence-electron chi connectivity index (χ2n) is 6.63. The highest BCUT2D eigenvalue weighted by Gasteiger charge is 2.69. The maximum Gasteiger partial charge on any atom is 0.439 e. The number of hydrogen-bond acceptors (Lipinski definition) is 7. The van der Waals surface area contributed by atoms with Crippen LogP contribution in [0.2, 0.25) is 0 Å². The Labute approximate surface area is 166 Å². The molecule has 0 spiro atoms. The largest absolute Gasteiger partial charge is 0.492 e. The summed E-state index contributed by atoms with van der Waals surface area (Å²) in [6.07, 6.45) is -1.85. The maximum absolute atomic E-state index is 14.1. The first-order valence-corrected chi connectivity index (χ1v) is 9.53. The normalized spacial score (nSPS) is 23.2. The SMILES string of the molecule is O[C@@]1(C(F)(F)F)[C@@H]2COc3ccccc3C2=NN1c1nc(-c2ccncc2)cs1. The highest BCUT2D eigenvalue weighted by atomic mass is 32.1. The van der Waals surface area contributed by atoms with Crippen LogP contribution in [-0.4, -0.2) is 39.3 Å². The fourth-order valence-corrected chi connectivity index (χ4v) is 4.37. The summed E-state index contributed by atoms with van der Waals surface area (Å²) in [5, 5.41) is 17.2. The van der Waals surface area contributed by atoms with Gasteiger partial charge in [-0.2, -0.15) is 23.3 Å². The Hall–Kier alpha value is -2.98. The van der Waals surface area contributed by atoms with Crippen LogP contribution in [0.25, 0.3) is 11.3 Å². The second kappa shape index (κ2) is 6.26. The number of benzene rings is 1. The predicted molar refractivity (Wildman–Crippen MR) is 101 cm³/mol. The number of fused-ring (bicyclic) bond motifs is 3. The van der Waals surface area contributed by atoms with E-state index < -0.39 is 17.8 Å². The summed E-state index contributed by atoms with van der Waals surface area (Å²) < 4.78 is 47.8. The van der Waals surface area contributed by atoms with Crippen molar-refractivity contribution in [2.24, 2.45) is 11.0 Å². The van der Waals surface area contributed by atoms with Gasteiger partial charge < -0.3 is 9.84 Å². The number of rotatable bonds is 2. The molecule has 0 unspecified atom stereocenters. The van der Waals surface area contributed by atoms with Gasteiger partial charge in [-0.15, -0.1) is 11.3 Å². The Morgan fingerprint density at radius 1 is 1.17 bits per heavy atom. The highest BCUT2D eigenvalue weighted by molar-refractivity contribution is 7.14. The van der Waals surface area contributed by atoms with Gasteiger partial charge in [-0.05, 0) is 24.3 Å². The fourth-order valence-electron chi connectivity index (χ4n) is 3.53. The molecule has 3 aromatic rings. The van der Waals surface area contributed by atoms with Crippen molar-refractivity contribution >= 4 is 22.2 Å². The molecule has 2 aliphatic rings. The van der Waals surface area contributed by atoms with Gasteiger partial charge in [0.15, 0.2) is 0 Å². The molecule has 0 amide bonds. The first-order chi connectivity index (χ1) is 13.9. The van der Waals surface area contributed by atoms with Gasteiger partial charge in [-0.1, -0.05) is 12.1 Å². The standard InChI is InChI=1S/C19H13F3N4O2S/c20-19(21,22)18(27)13-9-28-15-4-2-1-3-12(15)16(13)25-26(18)17-24-14(10-29-17)11-5-7-23-8-6-11/h1-8,10,13,27H,9H2/t13-,18-/m1/s1. The van der Waals surface area contributed by atoms with Gasteiger partial charge >= 0.3 is 6.18 Å². The van der Waals surface area contributed by atoms with Crippen molar-refractivity contribution in [3.63, 3.8) is 0 Å². The zero-order valence-corrected chi connectivity index (χ0v) is 15.5. The first kappa shape index (κ1) is 18.1. The molecule has 2 aromatic heterocycles. The molecule has 1 aromatic carbocycles. The number of aliphatic hydroxyl groups is 1. The summed E-state index contributed by atoms with van der Waals surface area (Å²) >= 11 is 0.973. The fraction of sp³-hybridized carbons (Fsp3) is 0.211. The number of alkyl halides is 3. The van der Waals surface area contributed by atoms with E-state index >= 15 is 0 Å². The topological polar surface area (TPSA) is 70.8 Å². The van der Waals surface area contributed by atoms with Crippen molar-refractivity contribution < 1.29 is 23.0 Å². The Morgan fingerprint density at radius 3 is 2.69 bits per heavy atom. The third-order valence-electron chi connectivity index (χ3n) is 4.98. The summed E-state index contributed by atoms with van der Waals surface area (Å²) in [4.78, 5) is 8.22. The maximum atomic E-state index is 14.1. The number of pyridine rings is 1. The van der Waals surface area contributed by atoms with E-state index in [1.807, 2.05) is 0 Å². The molecule has 6 nitrogen and oxygen atoms in total. The van der Waals surface area contributed by atoms with Crippen LogP contribution in [0.3, 0.4) is 0 Å². The summed E-state index contributed by atoms with van der Waals surface area (Å²) in [5.41, 5.74) is -1.52. The molecule has 2 atom stereocenters. The third kappa shape index (κ3) is 2.63. The molecule has 0 saturated carbocycles. The minimum Gasteiger partial charge on any atom is -0.492 e. The summed E-state index contributed by atoms with van der Waals surface area (Å²) in [6, 6.07) is 10.1. The lowest BCUT2D eigenvalue weighted by molar-refractivity contribution is -0.270. The minimum absolute atomic E-state index is 0.0592. The Balaban J connectivity index is 1.63. The molecule has 0 saturated heterocycles. The third-order valence-corrected chi connectivity index (χ3v) is 5.80. The van der Waals surface area contributed by atoms with Crippen LogP contribution in [0.15, 0.2) is 59.3 Å². The van der Waals surface area contributed by atoms with E-state index in [-0.39, 0.29) is 17.5 Å². The van der Waals surface area contributed by atoms with Crippen molar-refractivity contribution in [2.45, 2.75) is 11.9 Å². The number of halogens is 3. The van der Waals surface area contributed by atoms with E-state index in [9.17, 15) is 18.3 Å². The van der Waals surface area contributed by atoms with Crippen LogP contribution in [-0.2, 0) is 0 Å². The van der Waals surface area contributed by atoms with Crippen LogP contribution in [0.4, 0.5) is 18.3 Å². The van der Waals surface area contributed by atoms with Crippen molar-refractivity contribution in [1.29, 1.82) is 0 Å². The van der Waals surface area contributed by atoms with Crippen LogP contribution in [0.5, 0.6) is 5.75 Å². The number of para-hydroxylation sites is 1. The lowest BCUT2D eigenvalue weighted by Gasteiger charge is -2.38. The van der Waals surface area contributed by atoms with Crippen molar-refractivity contribution in [3.8, 4) is 17.0 Å². The van der Waals surface area contributed by atoms with E-state index in [1.54, 1.807) is 54.2 Å². The van der Waals surface area contributed by atoms with Crippen molar-refractivity contribution in [1.82, 2.24) is 9.97 Å². The Morgan fingerprint density at radius 2 is 1.93 bits per heavy atom. The minimum atomic E-state index is -4.99. The van der Waals surface area contributed by atoms with E-state index in [0.717, 1.165) is 11.3 Å². The number of anilines is 1. The highest BCUT2D eigenvalue weighted by Crippen LogP contribution is 2.50. The van der Waals surface area contributed by atoms with Crippen LogP contribution < -0.4 is 9.75 Å². The van der Waals surface area contributed by atoms with Crippen LogP contribution in [0.1, 0.15) is 5.56 Å². The van der Waals surface area contributed by atoms with Crippen molar-refractivity contribution in [3.05, 3.63) is 59.7 Å². The number of aromatic nitrogens is 2. The number of thiazole rings is 1. The Bertz CT molecular complexity index is 1100. The Kier molecular flexibility index (Phi) is 3.90. The van der Waals surface area contributed by atoms with E-state index in [1.165, 1.54) is 0 Å². The quantitative estimate of drug-likeness (QED) is 0.688. The molecule has 5 rings (SSSR count). The smallest absolute Gasteiger partial charge is 0.439 e. The average molecular weight is 418 g/mol. The first-order valence-electron chi connectivity index (χ1n) is 8.65. The molecular weight excluding hydrogens is 405 g/mol. The predicted octanol–water partition coefficient (Wildman–Crippen LogP) is 3.69. The number of hydrazone groups is 1. The number of ether oxygens (including phenoxy) is 1. The summed E-state index contributed by atoms with van der Waals surface area (Å²) in [5.74, 6) is -0.962. The average Bonchev–Trinajstić information content (AvgIpc) is 3.32. The molecule has 0 aliphatic carbocycles. The van der Waals surface area contributed by atoms with Gasteiger partial charge in [0, 0.05) is 28.9 Å². The molecule has 29 heavy (non-hydrogen) atoms. The molecular formula is C19H13F3N4O2S. The van der Waals surface area contributed by atoms with E-state index in [4.69, 9.17) is 4.74 Å². The van der Waals surface area contributed by atoms with Gasteiger partial charge in [0.1, 0.15) is 12.4 Å². The van der Waals surface area contributed by atoms with E-state index in [2.05, 4.69) is 15.1 Å². The lowest BCUT2D eigenvalue weighted by Crippen LogP contribution is -2.61. The van der Waals surface area contributed by atoms with Gasteiger partial charge in [0.05, 0.1) is 17.3 Å². The molecule has 0 fully saturated rings. The van der Waals surface area contributed by atoms with Gasteiger partial charge in [-0.25, -0.2) is 4.98 Å². The second-order valence-corrected chi connectivity index (χ2v) is 7.47. The molecule has 4 heterocycles. The van der Waals surface area contributed by atoms with Gasteiger partial charge in [0.2, 0.25) is 5.13 Å². The molecule has 10 heteroatoms. The molecule has 1 N–H and O–H groups in total. The molecule has 0 bridgehead atoms. The monoisotopic (exact) mass is 418 g/mol. The van der Waals surface area contributed by atoms with Crippen molar-refractivity contribution in [2.75, 3.05) is 11.6 Å². The van der Waals surface area contributed by atoms with Crippen LogP contribution in [0, 0.1) is 5.92 Å². The molecule has 0 radical (unpaired) electrons. The van der Waals surface area contributed by atoms with E-state index in [0.29, 0.717) is 27.6 Å². The lowest BCUT2D eigenvalue weighted by atomic mass is 9.86. The summed E-state index contributed by atoms with van der Waals surface area (Å²) in [7, 11) is 0. The van der Waals surface area contributed by atoms with Gasteiger partial charge in [-0.3, -0.25) is 4.98 Å². The zero-order valence-electron chi connectivity index (χ0n) is 14.7. The molecule has 148 valence electrons.